The van der Waals surface area contributed by atoms with Gasteiger partial charge in [-0.25, -0.2) is 9.18 Å². The number of carbonyl (C=O) groups excluding carboxylic acids is 1. The van der Waals surface area contributed by atoms with Gasteiger partial charge in [-0.05, 0) is 51.8 Å². The summed E-state index contributed by atoms with van der Waals surface area (Å²) in [6.45, 7) is 0. The van der Waals surface area contributed by atoms with E-state index in [4.69, 9.17) is 0 Å². The molecule has 1 aromatic heterocycles. The highest BCUT2D eigenvalue weighted by Gasteiger charge is 2.22. The second-order valence-corrected chi connectivity index (χ2v) is 6.59. The van der Waals surface area contributed by atoms with Gasteiger partial charge in [0.25, 0.3) is 5.91 Å². The van der Waals surface area contributed by atoms with Crippen molar-refractivity contribution in [3.8, 4) is 5.75 Å². The number of aliphatic carboxylic acids is 1. The molecule has 0 radical (unpaired) electrons. The molecule has 8 heteroatoms. The van der Waals surface area contributed by atoms with E-state index >= 15 is 0 Å². The van der Waals surface area contributed by atoms with Crippen LogP contribution >= 0.6 is 15.9 Å². The molecule has 1 atom stereocenters. The predicted octanol–water partition coefficient (Wildman–Crippen LogP) is 3.20. The van der Waals surface area contributed by atoms with Gasteiger partial charge in [0.05, 0.1) is 4.47 Å². The fourth-order valence-electron chi connectivity index (χ4n) is 2.59. The normalized spacial score (nSPS) is 12.1. The lowest BCUT2D eigenvalue weighted by molar-refractivity contribution is -0.139. The average Bonchev–Trinajstić information content (AvgIpc) is 3.03. The summed E-state index contributed by atoms with van der Waals surface area (Å²) in [4.78, 5) is 26.7. The van der Waals surface area contributed by atoms with E-state index in [1.54, 1.807) is 18.2 Å². The molecule has 6 nitrogen and oxygen atoms in total. The van der Waals surface area contributed by atoms with Gasteiger partial charge in [-0.2, -0.15) is 0 Å². The number of benzene rings is 2. The van der Waals surface area contributed by atoms with Crippen LogP contribution in [-0.2, 0) is 11.2 Å². The van der Waals surface area contributed by atoms with Gasteiger partial charge in [0.15, 0.2) is 0 Å². The molecule has 0 aliphatic carbocycles. The monoisotopic (exact) mass is 420 g/mol. The molecule has 0 fully saturated rings. The third kappa shape index (κ3) is 3.70. The highest BCUT2D eigenvalue weighted by atomic mass is 79.9. The van der Waals surface area contributed by atoms with Crippen LogP contribution in [0.2, 0.25) is 0 Å². The summed E-state index contributed by atoms with van der Waals surface area (Å²) >= 11 is 3.16. The van der Waals surface area contributed by atoms with Crippen LogP contribution in [0.3, 0.4) is 0 Å². The van der Waals surface area contributed by atoms with E-state index in [0.29, 0.717) is 15.6 Å². The number of nitrogens with one attached hydrogen (secondary N) is 2. The van der Waals surface area contributed by atoms with Crippen molar-refractivity contribution in [3.63, 3.8) is 0 Å². The Labute approximate surface area is 155 Å². The molecule has 0 saturated carbocycles. The number of amides is 1. The molecule has 26 heavy (non-hydrogen) atoms. The van der Waals surface area contributed by atoms with Crippen molar-refractivity contribution in [2.75, 3.05) is 0 Å². The smallest absolute Gasteiger partial charge is 0.326 e. The topological polar surface area (TPSA) is 102 Å². The number of phenols is 1. The van der Waals surface area contributed by atoms with Gasteiger partial charge in [0, 0.05) is 17.3 Å². The largest absolute Gasteiger partial charge is 0.507 e. The summed E-state index contributed by atoms with van der Waals surface area (Å²) in [6.07, 6.45) is 0.0224. The van der Waals surface area contributed by atoms with Crippen LogP contribution in [-0.4, -0.2) is 33.1 Å². The van der Waals surface area contributed by atoms with Gasteiger partial charge in [0.2, 0.25) is 0 Å². The molecule has 134 valence electrons. The number of aromatic hydroxyl groups is 1. The summed E-state index contributed by atoms with van der Waals surface area (Å²) in [6, 6.07) is 9.15. The van der Waals surface area contributed by atoms with Crippen LogP contribution in [0, 0.1) is 5.82 Å². The molecule has 4 N–H and O–H groups in total. The number of halogens is 2. The minimum atomic E-state index is -1.20. The predicted molar refractivity (Wildman–Crippen MR) is 96.7 cm³/mol. The molecule has 0 unspecified atom stereocenters. The number of hydrogen-bond acceptors (Lipinski definition) is 3. The van der Waals surface area contributed by atoms with E-state index in [0.717, 1.165) is 0 Å². The highest BCUT2D eigenvalue weighted by molar-refractivity contribution is 9.10. The van der Waals surface area contributed by atoms with E-state index in [2.05, 4.69) is 26.2 Å². The maximum Gasteiger partial charge on any atom is 0.326 e. The molecular formula is C18H14BrFN2O4. The van der Waals surface area contributed by atoms with Crippen molar-refractivity contribution in [2.45, 2.75) is 12.5 Å². The Bertz CT molecular complexity index is 1000. The number of carboxylic acids is 1. The molecule has 2 aromatic carbocycles. The number of carbonyl (C=O) groups is 2. The number of fused-ring (bicyclic) bond motifs is 1. The third-order valence-electron chi connectivity index (χ3n) is 3.91. The van der Waals surface area contributed by atoms with E-state index in [-0.39, 0.29) is 23.3 Å². The van der Waals surface area contributed by atoms with Gasteiger partial charge in [-0.1, -0.05) is 12.1 Å². The lowest BCUT2D eigenvalue weighted by Crippen LogP contribution is -2.42. The number of rotatable bonds is 5. The molecular weight excluding hydrogens is 407 g/mol. The Kier molecular flexibility index (Phi) is 4.94. The van der Waals surface area contributed by atoms with E-state index in [9.17, 15) is 24.2 Å². The standard InChI is InChI=1S/C18H14BrFN2O4/c19-11-6-9(4-5-16(11)23)7-15(18(25)26)22-17(24)14-8-10-12(20)2-1-3-13(10)21-14/h1-6,8,15,21,23H,7H2,(H,22,24)(H,25,26)/t15-/m0/s1. The minimum Gasteiger partial charge on any atom is -0.507 e. The van der Waals surface area contributed by atoms with Crippen molar-refractivity contribution in [2.24, 2.45) is 0 Å². The summed E-state index contributed by atoms with van der Waals surface area (Å²) in [5, 5.41) is 21.6. The lowest BCUT2D eigenvalue weighted by Gasteiger charge is -2.14. The second kappa shape index (κ2) is 7.17. The van der Waals surface area contributed by atoms with Gasteiger partial charge in [-0.15, -0.1) is 0 Å². The Balaban J connectivity index is 1.80. The Morgan fingerprint density at radius 1 is 1.23 bits per heavy atom. The summed E-state index contributed by atoms with van der Waals surface area (Å²) < 4.78 is 14.2. The zero-order valence-corrected chi connectivity index (χ0v) is 14.9. The quantitative estimate of drug-likeness (QED) is 0.508. The molecule has 3 aromatic rings. The summed E-state index contributed by atoms with van der Waals surface area (Å²) in [5.74, 6) is -2.29. The van der Waals surface area contributed by atoms with Crippen molar-refractivity contribution in [1.29, 1.82) is 0 Å². The Morgan fingerprint density at radius 2 is 2.00 bits per heavy atom. The first-order chi connectivity index (χ1) is 12.3. The summed E-state index contributed by atoms with van der Waals surface area (Å²) in [7, 11) is 0. The minimum absolute atomic E-state index is 0.0224. The van der Waals surface area contributed by atoms with E-state index in [1.165, 1.54) is 24.3 Å². The number of aromatic amines is 1. The lowest BCUT2D eigenvalue weighted by atomic mass is 10.1. The van der Waals surface area contributed by atoms with Crippen LogP contribution in [0.25, 0.3) is 10.9 Å². The number of hydrogen-bond donors (Lipinski definition) is 4. The summed E-state index contributed by atoms with van der Waals surface area (Å²) in [5.41, 5.74) is 1.14. The van der Waals surface area contributed by atoms with Crippen LogP contribution in [0.15, 0.2) is 46.9 Å². The molecule has 1 heterocycles. The van der Waals surface area contributed by atoms with E-state index in [1.807, 2.05) is 0 Å². The van der Waals surface area contributed by atoms with Gasteiger partial charge in [-0.3, -0.25) is 4.79 Å². The van der Waals surface area contributed by atoms with E-state index < -0.39 is 23.7 Å². The molecule has 0 saturated heterocycles. The SMILES string of the molecule is O=C(N[C@@H](Cc1ccc(O)c(Br)c1)C(=O)O)c1cc2c(F)cccc2[nH]1. The molecule has 0 aliphatic rings. The number of aromatic nitrogens is 1. The number of carboxylic acid groups (broad SMARTS) is 1. The highest BCUT2D eigenvalue weighted by Crippen LogP contribution is 2.25. The van der Waals surface area contributed by atoms with Crippen LogP contribution in [0.5, 0.6) is 5.75 Å². The first kappa shape index (κ1) is 17.9. The zero-order valence-electron chi connectivity index (χ0n) is 13.3. The van der Waals surface area contributed by atoms with Crippen molar-refractivity contribution < 1.29 is 24.2 Å². The van der Waals surface area contributed by atoms with Crippen LogP contribution in [0.1, 0.15) is 16.1 Å². The molecule has 0 aliphatic heterocycles. The Morgan fingerprint density at radius 3 is 2.65 bits per heavy atom. The molecule has 0 spiro atoms. The maximum absolute atomic E-state index is 13.7. The van der Waals surface area contributed by atoms with Crippen molar-refractivity contribution >= 4 is 38.7 Å². The van der Waals surface area contributed by atoms with Crippen molar-refractivity contribution in [1.82, 2.24) is 10.3 Å². The first-order valence-corrected chi connectivity index (χ1v) is 8.42. The van der Waals surface area contributed by atoms with Gasteiger partial charge in [0.1, 0.15) is 23.3 Å². The number of phenolic OH excluding ortho intramolecular Hbond substituents is 1. The maximum atomic E-state index is 13.7. The molecule has 0 bridgehead atoms. The second-order valence-electron chi connectivity index (χ2n) is 5.74. The van der Waals surface area contributed by atoms with Gasteiger partial charge >= 0.3 is 5.97 Å². The van der Waals surface area contributed by atoms with Crippen LogP contribution < -0.4 is 5.32 Å². The number of H-pyrrole nitrogens is 1. The van der Waals surface area contributed by atoms with Crippen molar-refractivity contribution in [3.05, 3.63) is 64.0 Å². The first-order valence-electron chi connectivity index (χ1n) is 7.63. The fraction of sp³-hybridized carbons (Fsp3) is 0.111. The zero-order chi connectivity index (χ0) is 18.8. The Hall–Kier alpha value is -2.87. The molecule has 3 rings (SSSR count). The average molecular weight is 421 g/mol. The fourth-order valence-corrected chi connectivity index (χ4v) is 3.02. The van der Waals surface area contributed by atoms with Crippen LogP contribution in [0.4, 0.5) is 4.39 Å². The third-order valence-corrected chi connectivity index (χ3v) is 4.55. The molecule has 1 amide bonds. The van der Waals surface area contributed by atoms with Gasteiger partial charge < -0.3 is 20.5 Å².